The standard InChI is InChI=1S/C17H14Cl2N2O5S/c18-12-8-13(19)15(27(20,24)25)7-11(12)17(23)26-9-16(22)21-6-5-10-3-1-2-4-14(10)21/h1-4,7-8H,5-6,9H2,(H2,20,24,25). The first-order chi connectivity index (χ1) is 12.7. The lowest BCUT2D eigenvalue weighted by Gasteiger charge is -2.17. The molecule has 2 aromatic rings. The van der Waals surface area contributed by atoms with Gasteiger partial charge in [0.2, 0.25) is 10.0 Å². The van der Waals surface area contributed by atoms with Gasteiger partial charge < -0.3 is 9.64 Å². The Kier molecular flexibility index (Phi) is 5.43. The van der Waals surface area contributed by atoms with E-state index in [-0.39, 0.29) is 15.6 Å². The van der Waals surface area contributed by atoms with Crippen molar-refractivity contribution < 1.29 is 22.7 Å². The van der Waals surface area contributed by atoms with Gasteiger partial charge in [0.05, 0.1) is 15.6 Å². The van der Waals surface area contributed by atoms with E-state index in [0.717, 1.165) is 29.8 Å². The maximum atomic E-state index is 12.4. The normalized spacial score (nSPS) is 13.4. The van der Waals surface area contributed by atoms with E-state index in [2.05, 4.69) is 0 Å². The molecule has 0 radical (unpaired) electrons. The van der Waals surface area contributed by atoms with Crippen molar-refractivity contribution in [3.63, 3.8) is 0 Å². The van der Waals surface area contributed by atoms with Crippen LogP contribution in [-0.4, -0.2) is 33.4 Å². The van der Waals surface area contributed by atoms with Crippen LogP contribution < -0.4 is 10.0 Å². The smallest absolute Gasteiger partial charge is 0.340 e. The zero-order valence-electron chi connectivity index (χ0n) is 13.8. The monoisotopic (exact) mass is 428 g/mol. The first kappa shape index (κ1) is 19.6. The number of nitrogens with zero attached hydrogens (tertiary/aromatic N) is 1. The lowest BCUT2D eigenvalue weighted by molar-refractivity contribution is -0.121. The van der Waals surface area contributed by atoms with E-state index in [1.54, 1.807) is 0 Å². The van der Waals surface area contributed by atoms with E-state index in [1.165, 1.54) is 4.90 Å². The largest absolute Gasteiger partial charge is 0.452 e. The summed E-state index contributed by atoms with van der Waals surface area (Å²) in [6.07, 6.45) is 0.719. The number of nitrogens with two attached hydrogens (primary N) is 1. The number of amides is 1. The molecule has 0 unspecified atom stereocenters. The molecule has 0 spiro atoms. The molecular formula is C17H14Cl2N2O5S. The van der Waals surface area contributed by atoms with Crippen molar-refractivity contribution in [2.75, 3.05) is 18.1 Å². The maximum absolute atomic E-state index is 12.4. The van der Waals surface area contributed by atoms with Gasteiger partial charge in [-0.15, -0.1) is 0 Å². The van der Waals surface area contributed by atoms with E-state index < -0.39 is 33.4 Å². The fourth-order valence-corrected chi connectivity index (χ4v) is 4.18. The van der Waals surface area contributed by atoms with Crippen LogP contribution in [0.2, 0.25) is 10.0 Å². The molecule has 7 nitrogen and oxygen atoms in total. The van der Waals surface area contributed by atoms with E-state index in [4.69, 9.17) is 33.1 Å². The molecule has 0 atom stereocenters. The number of primary sulfonamides is 1. The predicted molar refractivity (Wildman–Crippen MR) is 101 cm³/mol. The summed E-state index contributed by atoms with van der Waals surface area (Å²) in [7, 11) is -4.16. The summed E-state index contributed by atoms with van der Waals surface area (Å²) in [4.78, 5) is 25.7. The van der Waals surface area contributed by atoms with Crippen molar-refractivity contribution in [2.24, 2.45) is 5.14 Å². The molecule has 0 fully saturated rings. The number of sulfonamides is 1. The number of hydrogen-bond donors (Lipinski definition) is 1. The van der Waals surface area contributed by atoms with Gasteiger partial charge in [0.15, 0.2) is 6.61 Å². The van der Waals surface area contributed by atoms with Crippen molar-refractivity contribution in [3.8, 4) is 0 Å². The second-order valence-corrected chi connectivity index (χ2v) is 8.15. The molecule has 0 bridgehead atoms. The Bertz CT molecular complexity index is 1040. The Morgan fingerprint density at radius 2 is 1.85 bits per heavy atom. The minimum absolute atomic E-state index is 0.114. The number of ether oxygens (including phenoxy) is 1. The van der Waals surface area contributed by atoms with Gasteiger partial charge >= 0.3 is 5.97 Å². The van der Waals surface area contributed by atoms with Crippen LogP contribution in [0.1, 0.15) is 15.9 Å². The minimum atomic E-state index is -4.16. The number of hydrogen-bond acceptors (Lipinski definition) is 5. The Labute approximate surface area is 165 Å². The number of benzene rings is 2. The van der Waals surface area contributed by atoms with Crippen LogP contribution in [0.3, 0.4) is 0 Å². The van der Waals surface area contributed by atoms with E-state index in [1.807, 2.05) is 24.3 Å². The summed E-state index contributed by atoms with van der Waals surface area (Å²) in [5, 5.41) is 4.73. The van der Waals surface area contributed by atoms with Crippen molar-refractivity contribution in [3.05, 3.63) is 57.6 Å². The first-order valence-electron chi connectivity index (χ1n) is 7.75. The number of carbonyl (C=O) groups is 2. The molecule has 142 valence electrons. The lowest BCUT2D eigenvalue weighted by atomic mass is 10.2. The second-order valence-electron chi connectivity index (χ2n) is 5.81. The van der Waals surface area contributed by atoms with Crippen LogP contribution in [0, 0.1) is 0 Å². The summed E-state index contributed by atoms with van der Waals surface area (Å²) in [6.45, 7) is -0.0240. The molecule has 3 rings (SSSR count). The Morgan fingerprint density at radius 1 is 1.15 bits per heavy atom. The summed E-state index contributed by atoms with van der Waals surface area (Å²) in [6, 6.07) is 9.46. The van der Waals surface area contributed by atoms with Crippen LogP contribution >= 0.6 is 23.2 Å². The van der Waals surface area contributed by atoms with E-state index >= 15 is 0 Å². The van der Waals surface area contributed by atoms with Gasteiger partial charge in [-0.05, 0) is 30.2 Å². The van der Waals surface area contributed by atoms with Crippen molar-refractivity contribution in [1.82, 2.24) is 0 Å². The van der Waals surface area contributed by atoms with Crippen molar-refractivity contribution >= 4 is 50.8 Å². The fourth-order valence-electron chi connectivity index (χ4n) is 2.78. The van der Waals surface area contributed by atoms with E-state index in [0.29, 0.717) is 6.54 Å². The summed E-state index contributed by atoms with van der Waals surface area (Å²) in [5.74, 6) is -1.35. The van der Waals surface area contributed by atoms with Gasteiger partial charge in [-0.25, -0.2) is 18.4 Å². The third-order valence-electron chi connectivity index (χ3n) is 4.06. The number of para-hydroxylation sites is 1. The summed E-state index contributed by atoms with van der Waals surface area (Å²) in [5.41, 5.74) is 1.56. The molecule has 1 amide bonds. The average molecular weight is 429 g/mol. The minimum Gasteiger partial charge on any atom is -0.452 e. The number of fused-ring (bicyclic) bond motifs is 1. The predicted octanol–water partition coefficient (Wildman–Crippen LogP) is 2.39. The lowest BCUT2D eigenvalue weighted by Crippen LogP contribution is -2.33. The van der Waals surface area contributed by atoms with Crippen LogP contribution in [0.4, 0.5) is 5.69 Å². The summed E-state index contributed by atoms with van der Waals surface area (Å²) < 4.78 is 28.1. The third kappa shape index (κ3) is 4.08. The molecule has 0 saturated carbocycles. The average Bonchev–Trinajstić information content (AvgIpc) is 3.02. The highest BCUT2D eigenvalue weighted by Crippen LogP contribution is 2.29. The number of carbonyl (C=O) groups excluding carboxylic acids is 2. The zero-order chi connectivity index (χ0) is 19.8. The molecule has 1 heterocycles. The molecule has 10 heteroatoms. The third-order valence-corrected chi connectivity index (χ3v) is 5.75. The molecule has 0 saturated heterocycles. The Balaban J connectivity index is 1.74. The van der Waals surface area contributed by atoms with Gasteiger partial charge in [-0.1, -0.05) is 41.4 Å². The maximum Gasteiger partial charge on any atom is 0.340 e. The van der Waals surface area contributed by atoms with Gasteiger partial charge in [-0.2, -0.15) is 0 Å². The summed E-state index contributed by atoms with van der Waals surface area (Å²) >= 11 is 11.7. The molecule has 0 aliphatic carbocycles. The van der Waals surface area contributed by atoms with Gasteiger partial charge in [0.25, 0.3) is 5.91 Å². The van der Waals surface area contributed by atoms with Crippen LogP contribution in [-0.2, 0) is 26.0 Å². The van der Waals surface area contributed by atoms with Crippen LogP contribution in [0.15, 0.2) is 41.3 Å². The number of esters is 1. The molecule has 2 aromatic carbocycles. The molecule has 1 aliphatic rings. The number of rotatable bonds is 4. The number of halogens is 2. The van der Waals surface area contributed by atoms with Crippen LogP contribution in [0.25, 0.3) is 0 Å². The topological polar surface area (TPSA) is 107 Å². The van der Waals surface area contributed by atoms with Gasteiger partial charge in [-0.3, -0.25) is 4.79 Å². The van der Waals surface area contributed by atoms with Crippen molar-refractivity contribution in [2.45, 2.75) is 11.3 Å². The van der Waals surface area contributed by atoms with Gasteiger partial charge in [0.1, 0.15) is 4.90 Å². The molecule has 27 heavy (non-hydrogen) atoms. The molecule has 0 aromatic heterocycles. The SMILES string of the molecule is NS(=O)(=O)c1cc(C(=O)OCC(=O)N2CCc3ccccc32)c(Cl)cc1Cl. The Morgan fingerprint density at radius 3 is 2.56 bits per heavy atom. The van der Waals surface area contributed by atoms with E-state index in [9.17, 15) is 18.0 Å². The molecular weight excluding hydrogens is 415 g/mol. The molecule has 1 aliphatic heterocycles. The second kappa shape index (κ2) is 7.47. The number of anilines is 1. The molecule has 2 N–H and O–H groups in total. The highest BCUT2D eigenvalue weighted by Gasteiger charge is 2.26. The Hall–Kier alpha value is -2.13. The fraction of sp³-hybridized carbons (Fsp3) is 0.176. The highest BCUT2D eigenvalue weighted by atomic mass is 35.5. The van der Waals surface area contributed by atoms with Crippen molar-refractivity contribution in [1.29, 1.82) is 0 Å². The van der Waals surface area contributed by atoms with Gasteiger partial charge in [0, 0.05) is 12.2 Å². The first-order valence-corrected chi connectivity index (χ1v) is 10.1. The van der Waals surface area contributed by atoms with Crippen LogP contribution in [0.5, 0.6) is 0 Å². The highest BCUT2D eigenvalue weighted by molar-refractivity contribution is 7.89. The quantitative estimate of drug-likeness (QED) is 0.752. The zero-order valence-corrected chi connectivity index (χ0v) is 16.1.